The summed E-state index contributed by atoms with van der Waals surface area (Å²) in [4.78, 5) is 4.43. The molecule has 4 heteroatoms. The average Bonchev–Trinajstić information content (AvgIpc) is 2.84. The van der Waals surface area contributed by atoms with Crippen LogP contribution in [0.4, 0.5) is 0 Å². The third-order valence-electron chi connectivity index (χ3n) is 4.14. The smallest absolute Gasteiger partial charge is 0.113 e. The summed E-state index contributed by atoms with van der Waals surface area (Å²) in [5, 5.41) is 8.95. The zero-order valence-corrected chi connectivity index (χ0v) is 12.6. The van der Waals surface area contributed by atoms with Crippen LogP contribution in [-0.4, -0.2) is 39.5 Å². The Hall–Kier alpha value is -1.68. The monoisotopic (exact) mass is 284 g/mol. The maximum atomic E-state index is 4.57. The highest BCUT2D eigenvalue weighted by Gasteiger charge is 2.09. The van der Waals surface area contributed by atoms with Crippen LogP contribution in [0.5, 0.6) is 0 Å². The fourth-order valence-corrected chi connectivity index (χ4v) is 2.94. The molecule has 0 bridgehead atoms. The van der Waals surface area contributed by atoms with Crippen molar-refractivity contribution in [2.45, 2.75) is 38.6 Å². The Morgan fingerprint density at radius 1 is 0.905 bits per heavy atom. The summed E-state index contributed by atoms with van der Waals surface area (Å²) in [5.41, 5.74) is 2.10. The van der Waals surface area contributed by atoms with Crippen molar-refractivity contribution in [3.8, 4) is 11.3 Å². The van der Waals surface area contributed by atoms with Crippen LogP contribution < -0.4 is 0 Å². The van der Waals surface area contributed by atoms with Crippen molar-refractivity contribution in [2.75, 3.05) is 19.6 Å². The number of benzene rings is 1. The second-order valence-corrected chi connectivity index (χ2v) is 5.80. The molecule has 21 heavy (non-hydrogen) atoms. The Morgan fingerprint density at radius 3 is 2.43 bits per heavy atom. The molecule has 0 spiro atoms. The summed E-state index contributed by atoms with van der Waals surface area (Å²) >= 11 is 0. The van der Waals surface area contributed by atoms with Crippen LogP contribution in [0.15, 0.2) is 36.5 Å². The first-order chi connectivity index (χ1) is 10.4. The maximum absolute atomic E-state index is 4.57. The number of hydrogen-bond donors (Lipinski definition) is 0. The number of hydrogen-bond acceptors (Lipinski definition) is 3. The highest BCUT2D eigenvalue weighted by Crippen LogP contribution is 2.14. The standard InChI is InChI=1S/C17H24N4/c1-2-7-12-20(11-6-1)13-8-14-21-18-15-17(19-21)16-9-4-3-5-10-16/h3-5,9-10,15H,1-2,6-8,11-14H2. The first-order valence-electron chi connectivity index (χ1n) is 8.10. The minimum Gasteiger partial charge on any atom is -0.303 e. The van der Waals surface area contributed by atoms with Gasteiger partial charge < -0.3 is 4.90 Å². The maximum Gasteiger partial charge on any atom is 0.113 e. The van der Waals surface area contributed by atoms with E-state index >= 15 is 0 Å². The first-order valence-corrected chi connectivity index (χ1v) is 8.10. The van der Waals surface area contributed by atoms with Crippen LogP contribution in [0.2, 0.25) is 0 Å². The molecule has 112 valence electrons. The van der Waals surface area contributed by atoms with Gasteiger partial charge in [-0.15, -0.1) is 0 Å². The number of aryl methyl sites for hydroxylation is 1. The van der Waals surface area contributed by atoms with E-state index in [9.17, 15) is 0 Å². The molecular formula is C17H24N4. The highest BCUT2D eigenvalue weighted by molar-refractivity contribution is 5.56. The zero-order chi connectivity index (χ0) is 14.3. The molecule has 0 radical (unpaired) electrons. The van der Waals surface area contributed by atoms with Gasteiger partial charge in [0.25, 0.3) is 0 Å². The summed E-state index contributed by atoms with van der Waals surface area (Å²) in [5.74, 6) is 0. The van der Waals surface area contributed by atoms with Crippen LogP contribution in [-0.2, 0) is 6.54 Å². The molecule has 2 heterocycles. The van der Waals surface area contributed by atoms with Crippen LogP contribution in [0.3, 0.4) is 0 Å². The van der Waals surface area contributed by atoms with E-state index in [0.29, 0.717) is 0 Å². The lowest BCUT2D eigenvalue weighted by Crippen LogP contribution is -2.26. The van der Waals surface area contributed by atoms with Crippen molar-refractivity contribution >= 4 is 0 Å². The molecule has 0 saturated carbocycles. The van der Waals surface area contributed by atoms with Gasteiger partial charge in [0.1, 0.15) is 5.69 Å². The predicted molar refractivity (Wildman–Crippen MR) is 85.0 cm³/mol. The number of likely N-dealkylation sites (tertiary alicyclic amines) is 1. The van der Waals surface area contributed by atoms with Crippen molar-refractivity contribution in [3.05, 3.63) is 36.5 Å². The second kappa shape index (κ2) is 7.36. The molecular weight excluding hydrogens is 260 g/mol. The molecule has 1 aliphatic rings. The lowest BCUT2D eigenvalue weighted by molar-refractivity contribution is 0.271. The van der Waals surface area contributed by atoms with Gasteiger partial charge in [0.05, 0.1) is 12.7 Å². The summed E-state index contributed by atoms with van der Waals surface area (Å²) in [6.45, 7) is 4.61. The van der Waals surface area contributed by atoms with Gasteiger partial charge >= 0.3 is 0 Å². The van der Waals surface area contributed by atoms with Gasteiger partial charge in [0.15, 0.2) is 0 Å². The second-order valence-electron chi connectivity index (χ2n) is 5.80. The minimum atomic E-state index is 0.906. The van der Waals surface area contributed by atoms with Gasteiger partial charge in [-0.25, -0.2) is 0 Å². The van der Waals surface area contributed by atoms with Crippen molar-refractivity contribution in [1.82, 2.24) is 19.9 Å². The van der Waals surface area contributed by atoms with Crippen LogP contribution >= 0.6 is 0 Å². The van der Waals surface area contributed by atoms with Gasteiger partial charge in [-0.05, 0) is 38.9 Å². The van der Waals surface area contributed by atoms with Crippen molar-refractivity contribution in [2.24, 2.45) is 0 Å². The van der Waals surface area contributed by atoms with Crippen molar-refractivity contribution < 1.29 is 0 Å². The molecule has 0 N–H and O–H groups in total. The predicted octanol–water partition coefficient (Wildman–Crippen LogP) is 3.21. The quantitative estimate of drug-likeness (QED) is 0.845. The Labute approximate surface area is 126 Å². The Balaban J connectivity index is 1.48. The topological polar surface area (TPSA) is 34.0 Å². The van der Waals surface area contributed by atoms with E-state index in [-0.39, 0.29) is 0 Å². The van der Waals surface area contributed by atoms with E-state index in [1.807, 2.05) is 29.2 Å². The summed E-state index contributed by atoms with van der Waals surface area (Å²) < 4.78 is 0. The third-order valence-corrected chi connectivity index (χ3v) is 4.14. The van der Waals surface area contributed by atoms with E-state index in [4.69, 9.17) is 0 Å². The molecule has 2 aromatic rings. The molecule has 0 aliphatic carbocycles. The van der Waals surface area contributed by atoms with Gasteiger partial charge in [-0.3, -0.25) is 0 Å². The average molecular weight is 284 g/mol. The summed E-state index contributed by atoms with van der Waals surface area (Å²) in [7, 11) is 0. The normalized spacial score (nSPS) is 16.8. The fraction of sp³-hybridized carbons (Fsp3) is 0.529. The largest absolute Gasteiger partial charge is 0.303 e. The fourth-order valence-electron chi connectivity index (χ4n) is 2.94. The molecule has 1 fully saturated rings. The van der Waals surface area contributed by atoms with Crippen LogP contribution in [0.1, 0.15) is 32.1 Å². The SMILES string of the molecule is c1ccc(-c2cnn(CCCN3CCCCCC3)n2)cc1. The molecule has 3 rings (SSSR count). The van der Waals surface area contributed by atoms with Gasteiger partial charge in [-0.1, -0.05) is 43.2 Å². The zero-order valence-electron chi connectivity index (χ0n) is 12.6. The van der Waals surface area contributed by atoms with E-state index in [1.165, 1.54) is 45.3 Å². The molecule has 1 aromatic carbocycles. The lowest BCUT2D eigenvalue weighted by Gasteiger charge is -2.19. The van der Waals surface area contributed by atoms with E-state index in [2.05, 4.69) is 27.2 Å². The Bertz CT molecular complexity index is 527. The van der Waals surface area contributed by atoms with Crippen molar-refractivity contribution in [1.29, 1.82) is 0 Å². The van der Waals surface area contributed by atoms with Gasteiger partial charge in [0, 0.05) is 5.56 Å². The molecule has 0 unspecified atom stereocenters. The minimum absolute atomic E-state index is 0.906. The van der Waals surface area contributed by atoms with E-state index in [1.54, 1.807) is 0 Å². The summed E-state index contributed by atoms with van der Waals surface area (Å²) in [6, 6.07) is 10.2. The molecule has 0 atom stereocenters. The van der Waals surface area contributed by atoms with Crippen LogP contribution in [0.25, 0.3) is 11.3 Å². The lowest BCUT2D eigenvalue weighted by atomic mass is 10.2. The van der Waals surface area contributed by atoms with Gasteiger partial charge in [-0.2, -0.15) is 15.0 Å². The third kappa shape index (κ3) is 4.14. The van der Waals surface area contributed by atoms with E-state index < -0.39 is 0 Å². The van der Waals surface area contributed by atoms with Crippen molar-refractivity contribution in [3.63, 3.8) is 0 Å². The van der Waals surface area contributed by atoms with Gasteiger partial charge in [0.2, 0.25) is 0 Å². The molecule has 1 aliphatic heterocycles. The molecule has 1 saturated heterocycles. The van der Waals surface area contributed by atoms with E-state index in [0.717, 1.165) is 24.2 Å². The Kier molecular flexibility index (Phi) is 5.00. The first kappa shape index (κ1) is 14.3. The number of rotatable bonds is 5. The number of nitrogens with zero attached hydrogens (tertiary/aromatic N) is 4. The highest BCUT2D eigenvalue weighted by atomic mass is 15.5. The molecule has 1 aromatic heterocycles. The van der Waals surface area contributed by atoms with Crippen LogP contribution in [0, 0.1) is 0 Å². The Morgan fingerprint density at radius 2 is 1.67 bits per heavy atom. The molecule has 4 nitrogen and oxygen atoms in total. The molecule has 0 amide bonds. The summed E-state index contributed by atoms with van der Waals surface area (Å²) in [6.07, 6.45) is 8.51. The number of aromatic nitrogens is 3.